The van der Waals surface area contributed by atoms with Crippen molar-refractivity contribution in [2.45, 2.75) is 82.1 Å². The summed E-state index contributed by atoms with van der Waals surface area (Å²) < 4.78 is 53.8. The molecule has 1 spiro atoms. The highest BCUT2D eigenvalue weighted by atomic mass is 19.4. The van der Waals surface area contributed by atoms with Gasteiger partial charge in [0.1, 0.15) is 11.5 Å². The summed E-state index contributed by atoms with van der Waals surface area (Å²) >= 11 is 0. The SMILES string of the molecule is O=C(O)c1ccc(NC(=O)C2C3CC(OCc4c(-c5ccccc5C5CC5)noc4C4CC4)CC4CCC432)c(C(F)(F)F)c1. The summed E-state index contributed by atoms with van der Waals surface area (Å²) in [7, 11) is 0. The number of nitrogens with one attached hydrogen (secondary N) is 1. The van der Waals surface area contributed by atoms with Crippen molar-refractivity contribution in [3.63, 3.8) is 0 Å². The van der Waals surface area contributed by atoms with Gasteiger partial charge in [-0.3, -0.25) is 4.79 Å². The van der Waals surface area contributed by atoms with E-state index < -0.39 is 34.9 Å². The molecule has 0 bridgehead atoms. The minimum absolute atomic E-state index is 0.0491. The Morgan fingerprint density at radius 1 is 1.05 bits per heavy atom. The fourth-order valence-corrected chi connectivity index (χ4v) is 8.31. The minimum Gasteiger partial charge on any atom is -0.478 e. The maximum atomic E-state index is 13.8. The van der Waals surface area contributed by atoms with Crippen LogP contribution in [0.25, 0.3) is 11.3 Å². The van der Waals surface area contributed by atoms with Gasteiger partial charge in [-0.2, -0.15) is 13.2 Å². The van der Waals surface area contributed by atoms with Crippen LogP contribution in [0.4, 0.5) is 18.9 Å². The van der Waals surface area contributed by atoms with Gasteiger partial charge in [-0.05, 0) is 98.3 Å². The van der Waals surface area contributed by atoms with Crippen LogP contribution in [0.1, 0.15) is 96.0 Å². The molecule has 0 radical (unpaired) electrons. The van der Waals surface area contributed by atoms with Crippen LogP contribution in [0.5, 0.6) is 0 Å². The first-order chi connectivity index (χ1) is 21.1. The Morgan fingerprint density at radius 3 is 2.50 bits per heavy atom. The van der Waals surface area contributed by atoms with E-state index in [9.17, 15) is 22.8 Å². The number of benzene rings is 2. The molecule has 5 atom stereocenters. The van der Waals surface area contributed by atoms with Crippen LogP contribution in [0.2, 0.25) is 0 Å². The molecule has 7 nitrogen and oxygen atoms in total. The van der Waals surface area contributed by atoms with Crippen LogP contribution in [-0.4, -0.2) is 28.2 Å². The summed E-state index contributed by atoms with van der Waals surface area (Å²) in [5.74, 6) is -0.0813. The monoisotopic (exact) mass is 606 g/mol. The van der Waals surface area contributed by atoms with Crippen LogP contribution in [0.15, 0.2) is 47.0 Å². The van der Waals surface area contributed by atoms with Gasteiger partial charge in [0.05, 0.1) is 29.5 Å². The summed E-state index contributed by atoms with van der Waals surface area (Å²) in [6, 6.07) is 11.1. The Hall–Kier alpha value is -3.66. The van der Waals surface area contributed by atoms with Gasteiger partial charge in [0.15, 0.2) is 0 Å². The Morgan fingerprint density at radius 2 is 1.82 bits per heavy atom. The van der Waals surface area contributed by atoms with E-state index >= 15 is 0 Å². The lowest BCUT2D eigenvalue weighted by Gasteiger charge is -2.44. The zero-order valence-electron chi connectivity index (χ0n) is 24.0. The number of hydrogen-bond donors (Lipinski definition) is 2. The number of ether oxygens (including phenoxy) is 1. The van der Waals surface area contributed by atoms with E-state index in [1.165, 1.54) is 18.4 Å². The Bertz CT molecular complexity index is 1660. The first-order valence-electron chi connectivity index (χ1n) is 15.6. The molecular weight excluding hydrogens is 573 g/mol. The number of aromatic carboxylic acids is 1. The fourth-order valence-electron chi connectivity index (χ4n) is 8.31. The summed E-state index contributed by atoms with van der Waals surface area (Å²) in [5.41, 5.74) is 2.08. The summed E-state index contributed by atoms with van der Waals surface area (Å²) in [5, 5.41) is 16.2. The van der Waals surface area contributed by atoms with E-state index in [1.54, 1.807) is 0 Å². The highest BCUT2D eigenvalue weighted by Gasteiger charge is 2.76. The van der Waals surface area contributed by atoms with Crippen molar-refractivity contribution in [3.8, 4) is 11.3 Å². The highest BCUT2D eigenvalue weighted by molar-refractivity contribution is 5.97. The molecule has 5 unspecified atom stereocenters. The van der Waals surface area contributed by atoms with Gasteiger partial charge in [0.25, 0.3) is 0 Å². The number of hydrogen-bond acceptors (Lipinski definition) is 5. The lowest BCUT2D eigenvalue weighted by atomic mass is 9.62. The maximum Gasteiger partial charge on any atom is 0.418 e. The van der Waals surface area contributed by atoms with Crippen molar-refractivity contribution in [1.29, 1.82) is 0 Å². The molecule has 2 aromatic carbocycles. The topological polar surface area (TPSA) is 102 Å². The van der Waals surface area contributed by atoms with Crippen LogP contribution >= 0.6 is 0 Å². The van der Waals surface area contributed by atoms with Gasteiger partial charge in [-0.15, -0.1) is 0 Å². The Kier molecular flexibility index (Phi) is 6.28. The number of anilines is 1. The molecule has 5 aliphatic rings. The third kappa shape index (κ3) is 4.55. The van der Waals surface area contributed by atoms with E-state index in [0.717, 1.165) is 66.8 Å². The van der Waals surface area contributed by atoms with Crippen molar-refractivity contribution in [3.05, 3.63) is 70.5 Å². The van der Waals surface area contributed by atoms with Gasteiger partial charge in [-0.25, -0.2) is 4.79 Å². The number of nitrogens with zero attached hydrogens (tertiary/aromatic N) is 1. The van der Waals surface area contributed by atoms with Gasteiger partial charge < -0.3 is 19.7 Å². The number of aromatic nitrogens is 1. The summed E-state index contributed by atoms with van der Waals surface area (Å²) in [6.07, 6.45) is 3.01. The normalized spacial score (nSPS) is 28.9. The van der Waals surface area contributed by atoms with Crippen molar-refractivity contribution in [1.82, 2.24) is 5.16 Å². The van der Waals surface area contributed by atoms with E-state index in [2.05, 4.69) is 28.7 Å². The molecule has 230 valence electrons. The zero-order valence-corrected chi connectivity index (χ0v) is 24.0. The zero-order chi connectivity index (χ0) is 30.4. The van der Waals surface area contributed by atoms with E-state index in [-0.39, 0.29) is 23.4 Å². The first-order valence-corrected chi connectivity index (χ1v) is 15.6. The van der Waals surface area contributed by atoms with Crippen LogP contribution < -0.4 is 5.32 Å². The molecule has 1 aromatic heterocycles. The second-order valence-corrected chi connectivity index (χ2v) is 13.4. The van der Waals surface area contributed by atoms with Crippen molar-refractivity contribution in [2.75, 3.05) is 5.32 Å². The summed E-state index contributed by atoms with van der Waals surface area (Å²) in [6.45, 7) is 0.377. The second kappa shape index (κ2) is 9.92. The van der Waals surface area contributed by atoms with Gasteiger partial charge in [-0.1, -0.05) is 29.4 Å². The van der Waals surface area contributed by atoms with Crippen molar-refractivity contribution < 1.29 is 37.1 Å². The molecule has 0 saturated heterocycles. The number of carboxylic acids is 1. The highest BCUT2D eigenvalue weighted by Crippen LogP contribution is 2.77. The molecule has 10 heteroatoms. The average Bonchev–Trinajstić information content (AvgIpc) is 3.87. The standard InChI is InChI=1S/C34H33F3N2O5/c35-34(36,37)25-13-19(32(41)42)9-10-27(25)38-31(40)28-26-15-21(14-20-11-12-33(20,26)28)43-16-24-29(39-44-30(24)18-7-8-18)23-4-2-1-3-22(23)17-5-6-17/h1-4,9-10,13,17-18,20-21,26,28H,5-8,11-12,14-16H2,(H,38,40)(H,41,42). The van der Waals surface area contributed by atoms with Crippen LogP contribution in [0.3, 0.4) is 0 Å². The molecule has 0 aliphatic heterocycles. The van der Waals surface area contributed by atoms with E-state index in [1.807, 2.05) is 6.07 Å². The Labute approximate surface area is 252 Å². The van der Waals surface area contributed by atoms with Gasteiger partial charge >= 0.3 is 12.1 Å². The molecule has 2 N–H and O–H groups in total. The van der Waals surface area contributed by atoms with Crippen LogP contribution in [-0.2, 0) is 22.3 Å². The lowest BCUT2D eigenvalue weighted by molar-refractivity contribution is -0.137. The largest absolute Gasteiger partial charge is 0.478 e. The number of carbonyl (C=O) groups is 2. The molecular formula is C34H33F3N2O5. The smallest absolute Gasteiger partial charge is 0.418 e. The molecule has 1 heterocycles. The molecule has 44 heavy (non-hydrogen) atoms. The maximum absolute atomic E-state index is 13.8. The summed E-state index contributed by atoms with van der Waals surface area (Å²) in [4.78, 5) is 24.7. The number of halogens is 3. The molecule has 5 saturated carbocycles. The number of alkyl halides is 3. The predicted molar refractivity (Wildman–Crippen MR) is 153 cm³/mol. The van der Waals surface area contributed by atoms with Crippen molar-refractivity contribution >= 4 is 17.6 Å². The third-order valence-electron chi connectivity index (χ3n) is 10.9. The first kappa shape index (κ1) is 27.9. The molecule has 5 fully saturated rings. The van der Waals surface area contributed by atoms with Gasteiger partial charge in [0.2, 0.25) is 5.91 Å². The molecule has 3 aromatic rings. The predicted octanol–water partition coefficient (Wildman–Crippen LogP) is 7.77. The minimum atomic E-state index is -4.81. The van der Waals surface area contributed by atoms with Crippen molar-refractivity contribution in [2.24, 2.45) is 23.2 Å². The molecule has 8 rings (SSSR count). The Balaban J connectivity index is 0.988. The molecule has 1 amide bonds. The second-order valence-electron chi connectivity index (χ2n) is 13.4. The van der Waals surface area contributed by atoms with Crippen LogP contribution in [0, 0.1) is 23.2 Å². The fraction of sp³-hybridized carbons (Fsp3) is 0.500. The molecule has 5 aliphatic carbocycles. The van der Waals surface area contributed by atoms with Gasteiger partial charge in [0, 0.05) is 23.0 Å². The average molecular weight is 607 g/mol. The number of carboxylic acid groups (broad SMARTS) is 1. The number of carbonyl (C=O) groups excluding carboxylic acids is 1. The number of amides is 1. The third-order valence-corrected chi connectivity index (χ3v) is 10.9. The van der Waals surface area contributed by atoms with E-state index in [4.69, 9.17) is 14.4 Å². The quantitative estimate of drug-likeness (QED) is 0.258. The number of rotatable bonds is 9. The van der Waals surface area contributed by atoms with E-state index in [0.29, 0.717) is 36.8 Å². The lowest BCUT2D eigenvalue weighted by Crippen LogP contribution is -2.39.